The second kappa shape index (κ2) is 7.69. The lowest BCUT2D eigenvalue weighted by atomic mass is 10.0. The third-order valence-corrected chi connectivity index (χ3v) is 5.00. The van der Waals surface area contributed by atoms with Gasteiger partial charge in [0.15, 0.2) is 0 Å². The lowest BCUT2D eigenvalue weighted by Gasteiger charge is -2.16. The molecule has 0 aromatic carbocycles. The molecule has 0 atom stereocenters. The van der Waals surface area contributed by atoms with Crippen LogP contribution in [0.15, 0.2) is 33.3 Å². The number of amides is 1. The molecule has 0 spiro atoms. The molecule has 0 bridgehead atoms. The van der Waals surface area contributed by atoms with Gasteiger partial charge in [0.2, 0.25) is 5.91 Å². The highest BCUT2D eigenvalue weighted by Gasteiger charge is 2.19. The van der Waals surface area contributed by atoms with Crippen molar-refractivity contribution in [2.75, 3.05) is 12.3 Å². The predicted molar refractivity (Wildman–Crippen MR) is 100 cm³/mol. The Morgan fingerprint density at radius 2 is 2.04 bits per heavy atom. The van der Waals surface area contributed by atoms with Crippen LogP contribution in [0, 0.1) is 0 Å². The van der Waals surface area contributed by atoms with E-state index in [1.807, 2.05) is 13.8 Å². The number of hydrogen-bond acceptors (Lipinski definition) is 5. The van der Waals surface area contributed by atoms with Gasteiger partial charge in [0.25, 0.3) is 5.56 Å². The van der Waals surface area contributed by atoms with Crippen LogP contribution < -0.4 is 16.6 Å². The standard InChI is InChI=1S/C17H22N4O3S/c1-6-7-18-12(22)9-25-14-11(10(2)3)8-19-15-13(14)16(23)21(5)17(24)20(15)4/h6,8,10H,1,7,9H2,2-5H3,(H,18,22). The van der Waals surface area contributed by atoms with E-state index in [-0.39, 0.29) is 17.6 Å². The monoisotopic (exact) mass is 362 g/mol. The Kier molecular flexibility index (Phi) is 5.84. The Bertz CT molecular complexity index is 944. The van der Waals surface area contributed by atoms with E-state index in [1.54, 1.807) is 19.3 Å². The molecule has 0 aliphatic heterocycles. The number of hydrogen-bond donors (Lipinski definition) is 1. The molecule has 7 nitrogen and oxygen atoms in total. The molecule has 2 aromatic rings. The summed E-state index contributed by atoms with van der Waals surface area (Å²) < 4.78 is 2.42. The summed E-state index contributed by atoms with van der Waals surface area (Å²) in [5.74, 6) is 0.141. The number of thioether (sulfide) groups is 1. The minimum absolute atomic E-state index is 0.123. The Labute approximate surface area is 149 Å². The number of nitrogens with one attached hydrogen (secondary N) is 1. The summed E-state index contributed by atoms with van der Waals surface area (Å²) in [7, 11) is 3.02. The van der Waals surface area contributed by atoms with E-state index in [2.05, 4.69) is 16.9 Å². The number of fused-ring (bicyclic) bond motifs is 1. The van der Waals surface area contributed by atoms with E-state index >= 15 is 0 Å². The van der Waals surface area contributed by atoms with Crippen LogP contribution in [0.1, 0.15) is 25.3 Å². The van der Waals surface area contributed by atoms with Crippen molar-refractivity contribution in [1.82, 2.24) is 19.4 Å². The van der Waals surface area contributed by atoms with Crippen molar-refractivity contribution < 1.29 is 4.79 Å². The summed E-state index contributed by atoms with van der Waals surface area (Å²) in [6, 6.07) is 0. The number of carbonyl (C=O) groups is 1. The van der Waals surface area contributed by atoms with Crippen LogP contribution in [0.3, 0.4) is 0 Å². The maximum atomic E-state index is 12.7. The topological polar surface area (TPSA) is 86.0 Å². The molecule has 0 radical (unpaired) electrons. The van der Waals surface area contributed by atoms with Gasteiger partial charge in [-0.05, 0) is 11.5 Å². The Balaban J connectivity index is 2.64. The zero-order valence-electron chi connectivity index (χ0n) is 14.8. The fraction of sp³-hybridized carbons (Fsp3) is 0.412. The van der Waals surface area contributed by atoms with Crippen molar-refractivity contribution in [3.8, 4) is 0 Å². The molecule has 2 aromatic heterocycles. The fourth-order valence-electron chi connectivity index (χ4n) is 2.46. The quantitative estimate of drug-likeness (QED) is 0.615. The molecule has 1 amide bonds. The molecule has 2 rings (SSSR count). The first-order valence-corrected chi connectivity index (χ1v) is 8.87. The van der Waals surface area contributed by atoms with Crippen molar-refractivity contribution >= 4 is 28.7 Å². The molecule has 8 heteroatoms. The van der Waals surface area contributed by atoms with E-state index in [0.29, 0.717) is 22.5 Å². The highest BCUT2D eigenvalue weighted by atomic mass is 32.2. The molecule has 0 saturated heterocycles. The van der Waals surface area contributed by atoms with Gasteiger partial charge in [-0.1, -0.05) is 19.9 Å². The maximum absolute atomic E-state index is 12.7. The zero-order valence-corrected chi connectivity index (χ0v) is 15.6. The van der Waals surface area contributed by atoms with Crippen LogP contribution in [-0.4, -0.2) is 32.3 Å². The van der Waals surface area contributed by atoms with Crippen LogP contribution in [-0.2, 0) is 18.9 Å². The largest absolute Gasteiger partial charge is 0.352 e. The molecular formula is C17H22N4O3S. The second-order valence-electron chi connectivity index (χ2n) is 5.98. The summed E-state index contributed by atoms with van der Waals surface area (Å²) in [5.41, 5.74) is 0.375. The predicted octanol–water partition coefficient (Wildman–Crippen LogP) is 1.15. The Morgan fingerprint density at radius 1 is 1.36 bits per heavy atom. The summed E-state index contributed by atoms with van der Waals surface area (Å²) in [5, 5.41) is 3.09. The number of rotatable bonds is 6. The summed E-state index contributed by atoms with van der Waals surface area (Å²) in [4.78, 5) is 41.8. The lowest BCUT2D eigenvalue weighted by molar-refractivity contribution is -0.118. The Morgan fingerprint density at radius 3 is 2.64 bits per heavy atom. The van der Waals surface area contributed by atoms with E-state index in [0.717, 1.165) is 10.1 Å². The first kappa shape index (κ1) is 19.0. The molecule has 0 aliphatic carbocycles. The van der Waals surface area contributed by atoms with Crippen LogP contribution in [0.2, 0.25) is 0 Å². The molecule has 0 unspecified atom stereocenters. The van der Waals surface area contributed by atoms with Gasteiger partial charge in [-0.2, -0.15) is 0 Å². The third-order valence-electron chi connectivity index (χ3n) is 3.86. The Hall–Kier alpha value is -2.35. The van der Waals surface area contributed by atoms with Crippen LogP contribution in [0.4, 0.5) is 0 Å². The highest BCUT2D eigenvalue weighted by Crippen LogP contribution is 2.32. The zero-order chi connectivity index (χ0) is 18.7. The molecule has 0 saturated carbocycles. The third kappa shape index (κ3) is 3.68. The van der Waals surface area contributed by atoms with E-state index in [4.69, 9.17) is 0 Å². The summed E-state index contributed by atoms with van der Waals surface area (Å²) >= 11 is 1.29. The lowest BCUT2D eigenvalue weighted by Crippen LogP contribution is -2.37. The SMILES string of the molecule is C=CCNC(=O)CSc1c(C(C)C)cnc2c1c(=O)n(C)c(=O)n2C. The first-order valence-electron chi connectivity index (χ1n) is 7.88. The minimum atomic E-state index is -0.429. The first-order chi connectivity index (χ1) is 11.8. The number of pyridine rings is 1. The number of aromatic nitrogens is 3. The summed E-state index contributed by atoms with van der Waals surface area (Å²) in [6.07, 6.45) is 3.28. The normalized spacial score (nSPS) is 11.1. The van der Waals surface area contributed by atoms with Crippen LogP contribution in [0.25, 0.3) is 11.0 Å². The van der Waals surface area contributed by atoms with Gasteiger partial charge in [0.05, 0.1) is 11.1 Å². The van der Waals surface area contributed by atoms with Crippen LogP contribution in [0.5, 0.6) is 0 Å². The fourth-order valence-corrected chi connectivity index (χ4v) is 3.61. The van der Waals surface area contributed by atoms with Crippen molar-refractivity contribution in [3.63, 3.8) is 0 Å². The van der Waals surface area contributed by atoms with Gasteiger partial charge >= 0.3 is 5.69 Å². The van der Waals surface area contributed by atoms with Crippen molar-refractivity contribution in [2.24, 2.45) is 14.1 Å². The summed E-state index contributed by atoms with van der Waals surface area (Å²) in [6.45, 7) is 7.95. The number of nitrogens with zero attached hydrogens (tertiary/aromatic N) is 3. The van der Waals surface area contributed by atoms with Gasteiger partial charge in [-0.15, -0.1) is 18.3 Å². The van der Waals surface area contributed by atoms with E-state index in [9.17, 15) is 14.4 Å². The van der Waals surface area contributed by atoms with Crippen molar-refractivity contribution in [1.29, 1.82) is 0 Å². The van der Waals surface area contributed by atoms with Gasteiger partial charge in [-0.25, -0.2) is 9.78 Å². The molecule has 0 fully saturated rings. The minimum Gasteiger partial charge on any atom is -0.352 e. The van der Waals surface area contributed by atoms with Gasteiger partial charge in [0.1, 0.15) is 5.65 Å². The van der Waals surface area contributed by atoms with Crippen LogP contribution >= 0.6 is 11.8 Å². The van der Waals surface area contributed by atoms with Crippen molar-refractivity contribution in [3.05, 3.63) is 45.3 Å². The van der Waals surface area contributed by atoms with Gasteiger partial charge in [-0.3, -0.25) is 18.7 Å². The highest BCUT2D eigenvalue weighted by molar-refractivity contribution is 8.00. The molecule has 134 valence electrons. The number of carbonyl (C=O) groups excluding carboxylic acids is 1. The maximum Gasteiger partial charge on any atom is 0.332 e. The van der Waals surface area contributed by atoms with Gasteiger partial charge in [0, 0.05) is 31.7 Å². The van der Waals surface area contributed by atoms with E-state index in [1.165, 1.54) is 23.4 Å². The molecule has 2 heterocycles. The smallest absolute Gasteiger partial charge is 0.332 e. The second-order valence-corrected chi connectivity index (χ2v) is 6.97. The van der Waals surface area contributed by atoms with Gasteiger partial charge < -0.3 is 5.32 Å². The molecule has 1 N–H and O–H groups in total. The average molecular weight is 362 g/mol. The van der Waals surface area contributed by atoms with Crippen molar-refractivity contribution in [2.45, 2.75) is 24.7 Å². The average Bonchev–Trinajstić information content (AvgIpc) is 2.59. The number of aryl methyl sites for hydroxylation is 1. The molecule has 25 heavy (non-hydrogen) atoms. The van der Waals surface area contributed by atoms with E-state index < -0.39 is 11.2 Å². The molecular weight excluding hydrogens is 340 g/mol. The molecule has 0 aliphatic rings.